The number of rotatable bonds is 2. The smallest absolute Gasteiger partial charge is 0.165 e. The number of hydrogen-bond acceptors (Lipinski definition) is 2. The minimum absolute atomic E-state index is 0.288. The predicted molar refractivity (Wildman–Crippen MR) is 55.6 cm³/mol. The number of ketones is 1. The quantitative estimate of drug-likeness (QED) is 0.715. The largest absolute Gasteiger partial charge is 0.294 e. The van der Waals surface area contributed by atoms with Gasteiger partial charge in [0.2, 0.25) is 0 Å². The van der Waals surface area contributed by atoms with Crippen LogP contribution in [0.5, 0.6) is 0 Å². The van der Waals surface area contributed by atoms with Crippen LogP contribution in [-0.2, 0) is 12.8 Å². The van der Waals surface area contributed by atoms with Crippen LogP contribution in [0.25, 0.3) is 0 Å². The van der Waals surface area contributed by atoms with Gasteiger partial charge >= 0.3 is 0 Å². The van der Waals surface area contributed by atoms with Crippen LogP contribution in [0.1, 0.15) is 47.1 Å². The molecule has 0 atom stereocenters. The second-order valence-corrected chi connectivity index (χ2v) is 3.92. The number of aryl methyl sites for hydroxylation is 3. The average molecular weight is 189 g/mol. The second-order valence-electron chi connectivity index (χ2n) is 3.92. The lowest BCUT2D eigenvalue weighted by Crippen LogP contribution is -2.03. The number of carbonyl (C=O) groups excluding carboxylic acids is 1. The lowest BCUT2D eigenvalue weighted by molar-refractivity contribution is 0.0993. The van der Waals surface area contributed by atoms with Gasteiger partial charge in [0.1, 0.15) is 0 Å². The summed E-state index contributed by atoms with van der Waals surface area (Å²) in [5, 5.41) is 0. The Bertz CT molecular complexity index is 382. The predicted octanol–water partition coefficient (Wildman–Crippen LogP) is 2.47. The lowest BCUT2D eigenvalue weighted by Gasteiger charge is -2.06. The van der Waals surface area contributed by atoms with Crippen molar-refractivity contribution in [3.63, 3.8) is 0 Å². The molecule has 0 aromatic carbocycles. The van der Waals surface area contributed by atoms with Crippen molar-refractivity contribution in [3.05, 3.63) is 28.6 Å². The topological polar surface area (TPSA) is 30.0 Å². The van der Waals surface area contributed by atoms with Crippen molar-refractivity contribution < 1.29 is 4.79 Å². The highest BCUT2D eigenvalue weighted by atomic mass is 16.1. The number of fused-ring (bicyclic) bond motifs is 1. The van der Waals surface area contributed by atoms with Gasteiger partial charge in [-0.1, -0.05) is 13.3 Å². The molecule has 2 heteroatoms. The molecule has 1 aliphatic rings. The molecule has 1 aliphatic carbocycles. The molecule has 0 N–H and O–H groups in total. The van der Waals surface area contributed by atoms with Crippen molar-refractivity contribution in [3.8, 4) is 0 Å². The van der Waals surface area contributed by atoms with Crippen LogP contribution in [0.15, 0.2) is 6.07 Å². The van der Waals surface area contributed by atoms with Gasteiger partial charge in [-0.3, -0.25) is 9.78 Å². The van der Waals surface area contributed by atoms with Gasteiger partial charge in [0.15, 0.2) is 5.78 Å². The third-order valence-electron chi connectivity index (χ3n) is 2.69. The molecule has 0 bridgehead atoms. The van der Waals surface area contributed by atoms with E-state index in [1.807, 2.05) is 6.92 Å². The summed E-state index contributed by atoms with van der Waals surface area (Å²) >= 11 is 0. The number of Topliss-reactive ketones (excluding diaryl/α,β-unsaturated/α-hetero) is 1. The van der Waals surface area contributed by atoms with Crippen molar-refractivity contribution in [2.45, 2.75) is 39.5 Å². The average Bonchev–Trinajstić information content (AvgIpc) is 2.48. The molecule has 0 saturated carbocycles. The molecule has 1 aromatic heterocycles. The Morgan fingerprint density at radius 3 is 2.93 bits per heavy atom. The number of pyridine rings is 1. The number of aromatic nitrogens is 1. The number of hydrogen-bond donors (Lipinski definition) is 0. The molecule has 74 valence electrons. The Morgan fingerprint density at radius 2 is 2.21 bits per heavy atom. The van der Waals surface area contributed by atoms with E-state index in [0.29, 0.717) is 6.42 Å². The fourth-order valence-electron chi connectivity index (χ4n) is 2.14. The zero-order valence-corrected chi connectivity index (χ0v) is 8.76. The van der Waals surface area contributed by atoms with Gasteiger partial charge in [-0.2, -0.15) is 0 Å². The summed E-state index contributed by atoms with van der Waals surface area (Å²) in [5.74, 6) is 0.288. The normalized spacial score (nSPS) is 14.6. The van der Waals surface area contributed by atoms with Crippen LogP contribution in [0.3, 0.4) is 0 Å². The molecule has 0 aliphatic heterocycles. The van der Waals surface area contributed by atoms with E-state index in [9.17, 15) is 4.79 Å². The van der Waals surface area contributed by atoms with E-state index < -0.39 is 0 Å². The maximum Gasteiger partial charge on any atom is 0.165 e. The fraction of sp³-hybridized carbons (Fsp3) is 0.500. The van der Waals surface area contributed by atoms with Gasteiger partial charge in [0, 0.05) is 17.7 Å². The Labute approximate surface area is 84.4 Å². The Hall–Kier alpha value is -1.18. The monoisotopic (exact) mass is 189 g/mol. The lowest BCUT2D eigenvalue weighted by atomic mass is 10.0. The van der Waals surface area contributed by atoms with E-state index in [4.69, 9.17) is 0 Å². The van der Waals surface area contributed by atoms with Crippen LogP contribution in [0.2, 0.25) is 0 Å². The maximum atomic E-state index is 11.6. The second kappa shape index (κ2) is 3.52. The molecule has 2 rings (SSSR count). The molecule has 14 heavy (non-hydrogen) atoms. The van der Waals surface area contributed by atoms with Crippen molar-refractivity contribution in [2.75, 3.05) is 0 Å². The molecular weight excluding hydrogens is 174 g/mol. The summed E-state index contributed by atoms with van der Waals surface area (Å²) in [5.41, 5.74) is 4.20. The first-order chi connectivity index (χ1) is 6.72. The van der Waals surface area contributed by atoms with E-state index >= 15 is 0 Å². The van der Waals surface area contributed by atoms with Crippen LogP contribution in [0, 0.1) is 6.92 Å². The molecular formula is C12H15NO. The van der Waals surface area contributed by atoms with Gasteiger partial charge < -0.3 is 0 Å². The van der Waals surface area contributed by atoms with Gasteiger partial charge in [-0.15, -0.1) is 0 Å². The van der Waals surface area contributed by atoms with Gasteiger partial charge in [0.05, 0.1) is 5.69 Å². The van der Waals surface area contributed by atoms with E-state index in [0.717, 1.165) is 36.2 Å². The standard InChI is InChI=1S/C12H15NO/c1-3-4-10-12-9(5-6-11(12)14)7-8(2)13-10/h7H,3-6H2,1-2H3. The summed E-state index contributed by atoms with van der Waals surface area (Å²) in [4.78, 5) is 16.1. The molecule has 1 heterocycles. The summed E-state index contributed by atoms with van der Waals surface area (Å²) in [6.07, 6.45) is 3.57. The van der Waals surface area contributed by atoms with E-state index in [2.05, 4.69) is 18.0 Å². The fourth-order valence-corrected chi connectivity index (χ4v) is 2.14. The minimum Gasteiger partial charge on any atom is -0.294 e. The third-order valence-corrected chi connectivity index (χ3v) is 2.69. The molecule has 0 unspecified atom stereocenters. The third kappa shape index (κ3) is 1.45. The van der Waals surface area contributed by atoms with Crippen molar-refractivity contribution in [1.82, 2.24) is 4.98 Å². The van der Waals surface area contributed by atoms with Crippen LogP contribution >= 0.6 is 0 Å². The molecule has 0 amide bonds. The van der Waals surface area contributed by atoms with Crippen molar-refractivity contribution in [1.29, 1.82) is 0 Å². The Balaban J connectivity index is 2.53. The van der Waals surface area contributed by atoms with Crippen molar-refractivity contribution in [2.24, 2.45) is 0 Å². The highest BCUT2D eigenvalue weighted by Gasteiger charge is 2.23. The van der Waals surface area contributed by atoms with Crippen LogP contribution < -0.4 is 0 Å². The molecule has 1 aromatic rings. The van der Waals surface area contributed by atoms with E-state index in [1.54, 1.807) is 0 Å². The zero-order valence-electron chi connectivity index (χ0n) is 8.76. The first kappa shape index (κ1) is 9.38. The molecule has 2 nitrogen and oxygen atoms in total. The summed E-state index contributed by atoms with van der Waals surface area (Å²) in [6, 6.07) is 2.05. The maximum absolute atomic E-state index is 11.6. The SMILES string of the molecule is CCCc1nc(C)cc2c1C(=O)CC2. The van der Waals surface area contributed by atoms with Crippen LogP contribution in [-0.4, -0.2) is 10.8 Å². The van der Waals surface area contributed by atoms with E-state index in [1.165, 1.54) is 5.56 Å². The zero-order chi connectivity index (χ0) is 10.1. The highest BCUT2D eigenvalue weighted by molar-refractivity contribution is 6.01. The highest BCUT2D eigenvalue weighted by Crippen LogP contribution is 2.25. The summed E-state index contributed by atoms with van der Waals surface area (Å²) < 4.78 is 0. The Morgan fingerprint density at radius 1 is 1.43 bits per heavy atom. The van der Waals surface area contributed by atoms with Crippen LogP contribution in [0.4, 0.5) is 0 Å². The van der Waals surface area contributed by atoms with E-state index in [-0.39, 0.29) is 5.78 Å². The summed E-state index contributed by atoms with van der Waals surface area (Å²) in [6.45, 7) is 4.12. The van der Waals surface area contributed by atoms with Gasteiger partial charge in [-0.25, -0.2) is 0 Å². The Kier molecular flexibility index (Phi) is 2.36. The van der Waals surface area contributed by atoms with Crippen molar-refractivity contribution >= 4 is 5.78 Å². The number of nitrogens with zero attached hydrogens (tertiary/aromatic N) is 1. The summed E-state index contributed by atoms with van der Waals surface area (Å²) in [7, 11) is 0. The molecule has 0 saturated heterocycles. The first-order valence-electron chi connectivity index (χ1n) is 5.25. The van der Waals surface area contributed by atoms with Gasteiger partial charge in [-0.05, 0) is 31.4 Å². The van der Waals surface area contributed by atoms with Gasteiger partial charge in [0.25, 0.3) is 0 Å². The first-order valence-corrected chi connectivity index (χ1v) is 5.25. The molecule has 0 fully saturated rings. The number of carbonyl (C=O) groups is 1. The molecule has 0 radical (unpaired) electrons. The molecule has 0 spiro atoms. The minimum atomic E-state index is 0.288.